The molecule has 0 aliphatic carbocycles. The maximum absolute atomic E-state index is 12.0. The van der Waals surface area contributed by atoms with Crippen LogP contribution in [0.4, 0.5) is 4.79 Å². The summed E-state index contributed by atoms with van der Waals surface area (Å²) >= 11 is 0. The monoisotopic (exact) mass is 299 g/mol. The minimum atomic E-state index is -0.985. The molecule has 0 aromatic rings. The Balaban J connectivity index is 2.26. The van der Waals surface area contributed by atoms with Crippen LogP contribution in [0.15, 0.2) is 0 Å². The summed E-state index contributed by atoms with van der Waals surface area (Å²) in [5.41, 5.74) is 0. The number of rotatable bonds is 7. The third kappa shape index (κ3) is 6.33. The van der Waals surface area contributed by atoms with E-state index in [1.165, 1.54) is 24.2 Å². The number of aliphatic carboxylic acids is 1. The van der Waals surface area contributed by atoms with Crippen molar-refractivity contribution in [2.45, 2.75) is 58.5 Å². The highest BCUT2D eigenvalue weighted by Crippen LogP contribution is 2.16. The second kappa shape index (κ2) is 8.87. The number of urea groups is 1. The molecule has 0 radical (unpaired) electrons. The maximum atomic E-state index is 12.0. The van der Waals surface area contributed by atoms with Gasteiger partial charge in [-0.2, -0.15) is 0 Å². The minimum Gasteiger partial charge on any atom is -0.480 e. The fraction of sp³-hybridized carbons (Fsp3) is 0.867. The molecule has 1 saturated heterocycles. The van der Waals surface area contributed by atoms with Crippen molar-refractivity contribution in [1.29, 1.82) is 0 Å². The molecule has 1 aliphatic rings. The molecular weight excluding hydrogens is 270 g/mol. The Hall–Kier alpha value is -1.30. The number of piperidine rings is 1. The Kier molecular flexibility index (Phi) is 7.50. The number of hydrogen-bond acceptors (Lipinski definition) is 3. The summed E-state index contributed by atoms with van der Waals surface area (Å²) in [6.07, 6.45) is 4.73. The molecule has 2 amide bonds. The van der Waals surface area contributed by atoms with E-state index in [9.17, 15) is 9.59 Å². The Morgan fingerprint density at radius 2 is 2.10 bits per heavy atom. The van der Waals surface area contributed by atoms with Crippen molar-refractivity contribution in [3.05, 3.63) is 0 Å². The van der Waals surface area contributed by atoms with Crippen molar-refractivity contribution in [2.24, 2.45) is 0 Å². The topological polar surface area (TPSA) is 72.9 Å². The summed E-state index contributed by atoms with van der Waals surface area (Å²) in [5, 5.41) is 11.6. The van der Waals surface area contributed by atoms with E-state index in [0.717, 1.165) is 19.5 Å². The Bertz CT molecular complexity index is 347. The van der Waals surface area contributed by atoms with E-state index in [2.05, 4.69) is 17.1 Å². The number of hydrogen-bond donors (Lipinski definition) is 2. The fourth-order valence-corrected chi connectivity index (χ4v) is 2.70. The lowest BCUT2D eigenvalue weighted by Crippen LogP contribution is -2.47. The van der Waals surface area contributed by atoms with Crippen molar-refractivity contribution < 1.29 is 14.7 Å². The average molecular weight is 299 g/mol. The summed E-state index contributed by atoms with van der Waals surface area (Å²) in [4.78, 5) is 26.5. The number of likely N-dealkylation sites (tertiary alicyclic amines) is 1. The quantitative estimate of drug-likeness (QED) is 0.703. The van der Waals surface area contributed by atoms with Crippen LogP contribution in [0.5, 0.6) is 0 Å². The first-order valence-corrected chi connectivity index (χ1v) is 7.92. The molecule has 1 heterocycles. The van der Waals surface area contributed by atoms with Gasteiger partial charge in [0.05, 0.1) is 0 Å². The Morgan fingerprint density at radius 3 is 2.67 bits per heavy atom. The van der Waals surface area contributed by atoms with E-state index >= 15 is 0 Å². The molecule has 2 N–H and O–H groups in total. The number of carboxylic acid groups (broad SMARTS) is 1. The summed E-state index contributed by atoms with van der Waals surface area (Å²) in [6, 6.07) is 0.218. The zero-order valence-electron chi connectivity index (χ0n) is 13.5. The number of carboxylic acids is 1. The Morgan fingerprint density at radius 1 is 1.38 bits per heavy atom. The van der Waals surface area contributed by atoms with Crippen molar-refractivity contribution in [3.8, 4) is 0 Å². The molecule has 6 heteroatoms. The maximum Gasteiger partial charge on any atom is 0.323 e. The SMILES string of the molecule is CC1CCCCN1CCCNC(=O)N(CC(=O)O)C(C)C. The van der Waals surface area contributed by atoms with Gasteiger partial charge in [-0.15, -0.1) is 0 Å². The molecule has 0 bridgehead atoms. The van der Waals surface area contributed by atoms with Gasteiger partial charge in [-0.1, -0.05) is 6.42 Å². The first-order valence-electron chi connectivity index (χ1n) is 7.92. The van der Waals surface area contributed by atoms with Gasteiger partial charge in [0.1, 0.15) is 6.54 Å². The zero-order valence-corrected chi connectivity index (χ0v) is 13.5. The number of carbonyl (C=O) groups excluding carboxylic acids is 1. The predicted molar refractivity (Wildman–Crippen MR) is 82.4 cm³/mol. The van der Waals surface area contributed by atoms with E-state index < -0.39 is 5.97 Å². The van der Waals surface area contributed by atoms with Gasteiger partial charge in [0.2, 0.25) is 0 Å². The van der Waals surface area contributed by atoms with Gasteiger partial charge in [-0.3, -0.25) is 4.79 Å². The molecule has 21 heavy (non-hydrogen) atoms. The normalized spacial score (nSPS) is 19.5. The fourth-order valence-electron chi connectivity index (χ4n) is 2.70. The predicted octanol–water partition coefficient (Wildman–Crippen LogP) is 1.76. The number of nitrogens with one attached hydrogen (secondary N) is 1. The van der Waals surface area contributed by atoms with Crippen LogP contribution in [0.2, 0.25) is 0 Å². The lowest BCUT2D eigenvalue weighted by Gasteiger charge is -2.33. The number of amides is 2. The van der Waals surface area contributed by atoms with Gasteiger partial charge in [0, 0.05) is 25.2 Å². The van der Waals surface area contributed by atoms with Crippen molar-refractivity contribution in [1.82, 2.24) is 15.1 Å². The van der Waals surface area contributed by atoms with E-state index in [0.29, 0.717) is 12.6 Å². The van der Waals surface area contributed by atoms with Crippen LogP contribution in [0.3, 0.4) is 0 Å². The Labute approximate surface area is 127 Å². The molecule has 122 valence electrons. The third-order valence-electron chi connectivity index (χ3n) is 4.03. The van der Waals surface area contributed by atoms with Gasteiger partial charge in [0.25, 0.3) is 0 Å². The second-order valence-electron chi connectivity index (χ2n) is 6.08. The number of carbonyl (C=O) groups is 2. The molecule has 1 fully saturated rings. The van der Waals surface area contributed by atoms with E-state index in [1.54, 1.807) is 0 Å². The van der Waals surface area contributed by atoms with Crippen LogP contribution >= 0.6 is 0 Å². The van der Waals surface area contributed by atoms with Crippen LogP contribution < -0.4 is 5.32 Å². The lowest BCUT2D eigenvalue weighted by molar-refractivity contribution is -0.138. The standard InChI is InChI=1S/C15H29N3O3/c1-12(2)18(11-14(19)20)15(21)16-8-6-10-17-9-5-4-7-13(17)3/h12-13H,4-11H2,1-3H3,(H,16,21)(H,19,20). The highest BCUT2D eigenvalue weighted by Gasteiger charge is 2.20. The molecule has 1 unspecified atom stereocenters. The highest BCUT2D eigenvalue weighted by molar-refractivity contribution is 5.80. The molecule has 0 spiro atoms. The lowest BCUT2D eigenvalue weighted by atomic mass is 10.0. The first kappa shape index (κ1) is 17.8. The molecule has 0 aromatic heterocycles. The molecule has 1 rings (SSSR count). The van der Waals surface area contributed by atoms with Crippen LogP contribution in [-0.2, 0) is 4.79 Å². The summed E-state index contributed by atoms with van der Waals surface area (Å²) in [5.74, 6) is -0.985. The van der Waals surface area contributed by atoms with Crippen LogP contribution in [0, 0.1) is 0 Å². The van der Waals surface area contributed by atoms with Crippen LogP contribution in [-0.4, -0.2) is 65.2 Å². The molecule has 0 aromatic carbocycles. The highest BCUT2D eigenvalue weighted by atomic mass is 16.4. The van der Waals surface area contributed by atoms with E-state index in [-0.39, 0.29) is 18.6 Å². The summed E-state index contributed by atoms with van der Waals surface area (Å²) < 4.78 is 0. The zero-order chi connectivity index (χ0) is 15.8. The number of nitrogens with zero attached hydrogens (tertiary/aromatic N) is 2. The van der Waals surface area contributed by atoms with Crippen molar-refractivity contribution in [2.75, 3.05) is 26.2 Å². The molecule has 1 aliphatic heterocycles. The smallest absolute Gasteiger partial charge is 0.323 e. The molecule has 6 nitrogen and oxygen atoms in total. The largest absolute Gasteiger partial charge is 0.480 e. The third-order valence-corrected chi connectivity index (χ3v) is 4.03. The van der Waals surface area contributed by atoms with E-state index in [1.807, 2.05) is 13.8 Å². The second-order valence-corrected chi connectivity index (χ2v) is 6.08. The molecule has 1 atom stereocenters. The van der Waals surface area contributed by atoms with Crippen LogP contribution in [0.25, 0.3) is 0 Å². The molecular formula is C15H29N3O3. The summed E-state index contributed by atoms with van der Waals surface area (Å²) in [6.45, 7) is 8.35. The van der Waals surface area contributed by atoms with Gasteiger partial charge < -0.3 is 20.2 Å². The first-order chi connectivity index (χ1) is 9.91. The summed E-state index contributed by atoms with van der Waals surface area (Å²) in [7, 11) is 0. The van der Waals surface area contributed by atoms with Gasteiger partial charge in [-0.25, -0.2) is 4.79 Å². The van der Waals surface area contributed by atoms with E-state index in [4.69, 9.17) is 5.11 Å². The van der Waals surface area contributed by atoms with Crippen molar-refractivity contribution in [3.63, 3.8) is 0 Å². The van der Waals surface area contributed by atoms with Gasteiger partial charge in [-0.05, 0) is 46.6 Å². The average Bonchev–Trinajstić information content (AvgIpc) is 2.42. The van der Waals surface area contributed by atoms with Gasteiger partial charge in [0.15, 0.2) is 0 Å². The van der Waals surface area contributed by atoms with Crippen LogP contribution in [0.1, 0.15) is 46.5 Å². The molecule has 0 saturated carbocycles. The van der Waals surface area contributed by atoms with Gasteiger partial charge >= 0.3 is 12.0 Å². The van der Waals surface area contributed by atoms with Crippen molar-refractivity contribution >= 4 is 12.0 Å². The minimum absolute atomic E-state index is 0.122.